The second kappa shape index (κ2) is 8.77. The summed E-state index contributed by atoms with van der Waals surface area (Å²) in [5.74, 6) is -0.601. The van der Waals surface area contributed by atoms with Gasteiger partial charge in [-0.25, -0.2) is 4.79 Å². The molecule has 0 spiro atoms. The van der Waals surface area contributed by atoms with E-state index in [9.17, 15) is 9.90 Å². The Morgan fingerprint density at radius 3 is 1.97 bits per heavy atom. The molecule has 0 fully saturated rings. The van der Waals surface area contributed by atoms with Gasteiger partial charge in [0.15, 0.2) is 0 Å². The van der Waals surface area contributed by atoms with E-state index in [1.54, 1.807) is 12.1 Å². The van der Waals surface area contributed by atoms with Crippen LogP contribution in [-0.4, -0.2) is 16.1 Å². The first-order chi connectivity index (χ1) is 15.6. The molecular weight excluding hydrogens is 410 g/mol. The van der Waals surface area contributed by atoms with Crippen LogP contribution in [0.5, 0.6) is 0 Å². The summed E-state index contributed by atoms with van der Waals surface area (Å²) in [6.07, 6.45) is 0.682. The zero-order valence-electron chi connectivity index (χ0n) is 20.1. The van der Waals surface area contributed by atoms with Crippen molar-refractivity contribution in [3.63, 3.8) is 0 Å². The average molecular weight is 444 g/mol. The summed E-state index contributed by atoms with van der Waals surface area (Å²) in [5, 5.41) is 11.6. The minimum Gasteiger partial charge on any atom is -0.478 e. The fourth-order valence-corrected chi connectivity index (χ4v) is 5.17. The van der Waals surface area contributed by atoms with Crippen molar-refractivity contribution in [1.29, 1.82) is 0 Å². The first kappa shape index (κ1) is 23.2. The van der Waals surface area contributed by atoms with Crippen molar-refractivity contribution >= 4 is 5.97 Å². The van der Waals surface area contributed by atoms with Crippen LogP contribution in [0.15, 0.2) is 78.9 Å². The zero-order chi connectivity index (χ0) is 23.8. The third-order valence-corrected chi connectivity index (χ3v) is 6.94. The largest absolute Gasteiger partial charge is 0.478 e. The summed E-state index contributed by atoms with van der Waals surface area (Å²) >= 11 is 0. The maximum absolute atomic E-state index is 11.6. The lowest BCUT2D eigenvalue weighted by molar-refractivity contribution is -0.292. The molecule has 0 aromatic heterocycles. The Balaban J connectivity index is 1.70. The van der Waals surface area contributed by atoms with Crippen molar-refractivity contribution < 1.29 is 14.7 Å². The molecule has 4 rings (SSSR count). The van der Waals surface area contributed by atoms with Crippen LogP contribution in [0.25, 0.3) is 0 Å². The molecule has 1 N–H and O–H groups in total. The lowest BCUT2D eigenvalue weighted by Gasteiger charge is -2.42. The first-order valence-electron chi connectivity index (χ1n) is 11.6. The van der Waals surface area contributed by atoms with Gasteiger partial charge in [0.1, 0.15) is 6.10 Å². The lowest BCUT2D eigenvalue weighted by atomic mass is 9.89. The average Bonchev–Trinajstić information content (AvgIpc) is 2.96. The van der Waals surface area contributed by atoms with Crippen molar-refractivity contribution in [2.24, 2.45) is 0 Å². The third kappa shape index (κ3) is 4.33. The Kier molecular flexibility index (Phi) is 6.17. The van der Waals surface area contributed by atoms with E-state index in [1.807, 2.05) is 30.3 Å². The van der Waals surface area contributed by atoms with Crippen LogP contribution in [0.2, 0.25) is 0 Å². The number of carboxylic acids is 1. The Bertz CT molecular complexity index is 1120. The van der Waals surface area contributed by atoms with Gasteiger partial charge in [-0.05, 0) is 74.4 Å². The highest BCUT2D eigenvalue weighted by molar-refractivity contribution is 5.88. The van der Waals surface area contributed by atoms with E-state index >= 15 is 0 Å². The van der Waals surface area contributed by atoms with E-state index in [4.69, 9.17) is 4.84 Å². The number of nitrogens with zero attached hydrogens (tertiary/aromatic N) is 1. The minimum absolute atomic E-state index is 0.145. The molecule has 172 valence electrons. The van der Waals surface area contributed by atoms with Crippen LogP contribution < -0.4 is 0 Å². The molecule has 2 atom stereocenters. The van der Waals surface area contributed by atoms with E-state index in [0.717, 1.165) is 23.1 Å². The van der Waals surface area contributed by atoms with E-state index in [0.29, 0.717) is 11.5 Å². The van der Waals surface area contributed by atoms with Crippen molar-refractivity contribution in [1.82, 2.24) is 5.06 Å². The molecule has 3 aromatic rings. The molecule has 0 aliphatic carbocycles. The molecule has 4 heteroatoms. The summed E-state index contributed by atoms with van der Waals surface area (Å²) in [4.78, 5) is 18.5. The fourth-order valence-electron chi connectivity index (χ4n) is 5.17. The topological polar surface area (TPSA) is 49.8 Å². The number of hydroxylamine groups is 2. The van der Waals surface area contributed by atoms with Gasteiger partial charge < -0.3 is 5.11 Å². The Labute approximate surface area is 196 Å². The summed E-state index contributed by atoms with van der Waals surface area (Å²) in [6.45, 7) is 10.7. The van der Waals surface area contributed by atoms with Gasteiger partial charge in [0.2, 0.25) is 0 Å². The van der Waals surface area contributed by atoms with Gasteiger partial charge in [-0.1, -0.05) is 73.7 Å². The number of hydrogen-bond acceptors (Lipinski definition) is 3. The molecule has 4 nitrogen and oxygen atoms in total. The van der Waals surface area contributed by atoms with Crippen LogP contribution >= 0.6 is 0 Å². The van der Waals surface area contributed by atoms with Gasteiger partial charge >= 0.3 is 5.97 Å². The summed E-state index contributed by atoms with van der Waals surface area (Å²) < 4.78 is 0. The number of aromatic carboxylic acids is 1. The SMILES string of the molecule is CC(CC(ON1C(C)(C)c2ccc(C(=O)O)cc2C1(C)C)c1ccccc1)c1ccccc1. The van der Waals surface area contributed by atoms with Crippen molar-refractivity contribution in [2.45, 2.75) is 64.1 Å². The van der Waals surface area contributed by atoms with E-state index in [2.05, 4.69) is 76.1 Å². The summed E-state index contributed by atoms with van der Waals surface area (Å²) in [5.41, 5.74) is 3.91. The molecule has 0 saturated heterocycles. The first-order valence-corrected chi connectivity index (χ1v) is 11.6. The number of hydrogen-bond donors (Lipinski definition) is 1. The van der Waals surface area contributed by atoms with Crippen molar-refractivity contribution in [3.8, 4) is 0 Å². The summed E-state index contributed by atoms with van der Waals surface area (Å²) in [6, 6.07) is 26.3. The van der Waals surface area contributed by atoms with Crippen molar-refractivity contribution in [3.05, 3.63) is 107 Å². The van der Waals surface area contributed by atoms with E-state index < -0.39 is 17.0 Å². The molecule has 1 aliphatic rings. The van der Waals surface area contributed by atoms with Crippen molar-refractivity contribution in [2.75, 3.05) is 0 Å². The normalized spacial score (nSPS) is 18.5. The Hall–Kier alpha value is -2.95. The highest BCUT2D eigenvalue weighted by Gasteiger charge is 2.51. The predicted octanol–water partition coefficient (Wildman–Crippen LogP) is 7.04. The van der Waals surface area contributed by atoms with E-state index in [-0.39, 0.29) is 6.10 Å². The molecular formula is C29H33NO3. The van der Waals surface area contributed by atoms with Crippen LogP contribution in [0.3, 0.4) is 0 Å². The summed E-state index contributed by atoms with van der Waals surface area (Å²) in [7, 11) is 0. The van der Waals surface area contributed by atoms with Crippen LogP contribution in [-0.2, 0) is 15.9 Å². The van der Waals surface area contributed by atoms with Gasteiger partial charge in [-0.15, -0.1) is 0 Å². The number of carbonyl (C=O) groups is 1. The Morgan fingerprint density at radius 2 is 1.39 bits per heavy atom. The molecule has 0 radical (unpaired) electrons. The maximum atomic E-state index is 11.6. The third-order valence-electron chi connectivity index (χ3n) is 6.94. The van der Waals surface area contributed by atoms with Crippen LogP contribution in [0.1, 0.15) is 85.7 Å². The monoisotopic (exact) mass is 443 g/mol. The van der Waals surface area contributed by atoms with Crippen LogP contribution in [0, 0.1) is 0 Å². The quantitative estimate of drug-likeness (QED) is 0.425. The number of benzene rings is 3. The fraction of sp³-hybridized carbons (Fsp3) is 0.345. The van der Waals surface area contributed by atoms with Gasteiger partial charge in [-0.3, -0.25) is 4.84 Å². The van der Waals surface area contributed by atoms with Gasteiger partial charge in [0.05, 0.1) is 16.6 Å². The maximum Gasteiger partial charge on any atom is 0.335 e. The Morgan fingerprint density at radius 1 is 0.848 bits per heavy atom. The molecule has 0 amide bonds. The smallest absolute Gasteiger partial charge is 0.335 e. The standard InChI is InChI=1S/C29H33NO3/c1-20(21-12-8-6-9-13-21)18-26(22-14-10-7-11-15-22)33-30-28(2,3)24-17-16-23(27(31)32)19-25(24)29(30,4)5/h6-17,19-20,26H,18H2,1-5H3,(H,31,32). The number of fused-ring (bicyclic) bond motifs is 1. The second-order valence-corrected chi connectivity index (χ2v) is 10.0. The lowest BCUT2D eigenvalue weighted by Crippen LogP contribution is -2.46. The molecule has 2 unspecified atom stereocenters. The molecule has 0 saturated carbocycles. The highest BCUT2D eigenvalue weighted by Crippen LogP contribution is 2.51. The zero-order valence-corrected chi connectivity index (χ0v) is 20.1. The predicted molar refractivity (Wildman–Crippen MR) is 131 cm³/mol. The minimum atomic E-state index is -0.912. The molecule has 1 heterocycles. The molecule has 0 bridgehead atoms. The molecule has 1 aliphatic heterocycles. The number of carboxylic acid groups (broad SMARTS) is 1. The van der Waals surface area contributed by atoms with Gasteiger partial charge in [-0.2, -0.15) is 5.06 Å². The second-order valence-electron chi connectivity index (χ2n) is 10.0. The van der Waals surface area contributed by atoms with E-state index in [1.165, 1.54) is 5.56 Å². The number of rotatable bonds is 7. The molecule has 33 heavy (non-hydrogen) atoms. The van der Waals surface area contributed by atoms with Crippen LogP contribution in [0.4, 0.5) is 0 Å². The molecule has 3 aromatic carbocycles. The van der Waals surface area contributed by atoms with Gasteiger partial charge in [0.25, 0.3) is 0 Å². The van der Waals surface area contributed by atoms with Gasteiger partial charge in [0, 0.05) is 0 Å². The highest BCUT2D eigenvalue weighted by atomic mass is 16.7.